The highest BCUT2D eigenvalue weighted by atomic mass is 79.9. The normalized spacial score (nSPS) is 42.9. The third-order valence-corrected chi connectivity index (χ3v) is 33.5. The summed E-state index contributed by atoms with van der Waals surface area (Å²) in [4.78, 5) is 50.6. The Morgan fingerprint density at radius 3 is 1.33 bits per heavy atom. The first-order valence-electron chi connectivity index (χ1n) is 40.0. The fraction of sp³-hybridized carbons (Fsp3) is 0.753. The Bertz CT molecular complexity index is 4170. The van der Waals surface area contributed by atoms with Crippen molar-refractivity contribution in [3.05, 3.63) is 73.2 Å². The van der Waals surface area contributed by atoms with Crippen molar-refractivity contribution < 1.29 is 42.9 Å². The number of pyridine rings is 3. The van der Waals surface area contributed by atoms with Crippen LogP contribution in [0.25, 0.3) is 32.7 Å². The molecule has 18 rings (SSSR count). The molecule has 6 aromatic rings. The lowest BCUT2D eigenvalue weighted by molar-refractivity contribution is -0.151. The SMILES string of the molecule is C.C[C@@]1(O)CC[C@@]2(C)[C@@H](CC[C@@H]3[C@@H]2CC[C@]2(C)[C@@H](C(=O)CBr)CC[C@@H]32)C1.C[C@@]1(O)CC[C@@]2(C)[C@@H](CC[C@@H]3[C@@H]2CC[C@]2(C)[C@@H](C(=O)Cn4cc5cc(F)ncc5n4)CC[C@@H]32)C1.C[C@@]1(O)CC[C@@]2(C)[C@@H](CC[C@@H]3[C@@H]2CC[C@]2(C)[C@@H](C(=O)Cn4ncc5cc(F)ncc54)CC[C@@H]32)C1.Fc1cc2cn[nH]c2cn1. The maximum Gasteiger partial charge on any atom is 0.213 e. The van der Waals surface area contributed by atoms with E-state index in [1.54, 1.807) is 28.0 Å². The number of rotatable bonds is 8. The molecule has 0 saturated heterocycles. The second kappa shape index (κ2) is 27.8. The maximum absolute atomic E-state index is 13.6. The quantitative estimate of drug-likeness (QED) is 0.0827. The van der Waals surface area contributed by atoms with Crippen LogP contribution in [-0.2, 0) is 27.5 Å². The number of hydrogen-bond acceptors (Lipinski definition) is 12. The highest BCUT2D eigenvalue weighted by Crippen LogP contribution is 2.72. The zero-order chi connectivity index (χ0) is 72.8. The molecular formula is C85H119BrF3N9O6. The molecule has 12 aliphatic rings. The van der Waals surface area contributed by atoms with Crippen molar-refractivity contribution in [1.29, 1.82) is 0 Å². The van der Waals surface area contributed by atoms with Gasteiger partial charge in [0, 0.05) is 58.3 Å². The number of alkyl halides is 1. The van der Waals surface area contributed by atoms with E-state index in [1.807, 2.05) is 20.8 Å². The first kappa shape index (κ1) is 75.8. The Morgan fingerprint density at radius 1 is 0.462 bits per heavy atom. The van der Waals surface area contributed by atoms with Crippen molar-refractivity contribution in [3.63, 3.8) is 0 Å². The molecule has 0 unspecified atom stereocenters. The lowest BCUT2D eigenvalue weighted by Crippen LogP contribution is -2.55. The Labute approximate surface area is 622 Å². The van der Waals surface area contributed by atoms with Crippen LogP contribution in [0, 0.1) is 139 Å². The second-order valence-corrected chi connectivity index (χ2v) is 38.9. The zero-order valence-electron chi connectivity index (χ0n) is 62.7. The van der Waals surface area contributed by atoms with Crippen LogP contribution >= 0.6 is 15.9 Å². The molecule has 6 aromatic heterocycles. The van der Waals surface area contributed by atoms with Gasteiger partial charge in [-0.2, -0.15) is 28.5 Å². The van der Waals surface area contributed by atoms with Crippen LogP contribution in [0.5, 0.6) is 0 Å². The number of carbonyl (C=O) groups excluding carboxylic acids is 3. The van der Waals surface area contributed by atoms with Crippen LogP contribution in [0.2, 0.25) is 0 Å². The minimum absolute atomic E-state index is 0. The third kappa shape index (κ3) is 13.3. The lowest BCUT2D eigenvalue weighted by Gasteiger charge is -2.61. The Morgan fingerprint density at radius 2 is 0.865 bits per heavy atom. The molecule has 0 amide bonds. The highest BCUT2D eigenvalue weighted by Gasteiger charge is 2.65. The van der Waals surface area contributed by atoms with Gasteiger partial charge in [0.15, 0.2) is 11.6 Å². The first-order chi connectivity index (χ1) is 48.8. The van der Waals surface area contributed by atoms with E-state index in [0.717, 1.165) is 142 Å². The number of fused-ring (bicyclic) bond motifs is 18. The van der Waals surface area contributed by atoms with E-state index in [-0.39, 0.29) is 66.1 Å². The number of nitrogens with one attached hydrogen (secondary N) is 1. The molecule has 0 aromatic carbocycles. The summed E-state index contributed by atoms with van der Waals surface area (Å²) in [5.41, 5.74) is 2.14. The van der Waals surface area contributed by atoms with Crippen molar-refractivity contribution >= 4 is 66.0 Å². The fourth-order valence-electron chi connectivity index (χ4n) is 27.4. The Kier molecular flexibility index (Phi) is 20.3. The Balaban J connectivity index is 0.000000124. The molecule has 6 heterocycles. The monoisotopic (exact) mass is 1500 g/mol. The van der Waals surface area contributed by atoms with E-state index in [0.29, 0.717) is 85.1 Å². The van der Waals surface area contributed by atoms with Crippen molar-refractivity contribution in [2.75, 3.05) is 5.33 Å². The number of carbonyl (C=O) groups is 3. The van der Waals surface area contributed by atoms with Gasteiger partial charge in [0.1, 0.15) is 17.8 Å². The maximum atomic E-state index is 13.6. The molecule has 12 aliphatic carbocycles. The predicted molar refractivity (Wildman–Crippen MR) is 402 cm³/mol. The second-order valence-electron chi connectivity index (χ2n) is 38.4. The largest absolute Gasteiger partial charge is 0.390 e. The number of nitrogens with zero attached hydrogens (tertiary/aromatic N) is 8. The fourth-order valence-corrected chi connectivity index (χ4v) is 27.8. The van der Waals surface area contributed by atoms with E-state index in [9.17, 15) is 42.9 Å². The van der Waals surface area contributed by atoms with Gasteiger partial charge in [-0.25, -0.2) is 15.0 Å². The lowest BCUT2D eigenvalue weighted by atomic mass is 9.44. The van der Waals surface area contributed by atoms with Crippen LogP contribution in [0.4, 0.5) is 13.2 Å². The highest BCUT2D eigenvalue weighted by molar-refractivity contribution is 9.09. The Hall–Kier alpha value is -4.98. The molecule has 568 valence electrons. The van der Waals surface area contributed by atoms with Gasteiger partial charge in [0.05, 0.1) is 70.7 Å². The van der Waals surface area contributed by atoms with Gasteiger partial charge < -0.3 is 15.3 Å². The van der Waals surface area contributed by atoms with Gasteiger partial charge in [-0.3, -0.25) is 28.8 Å². The first-order valence-corrected chi connectivity index (χ1v) is 41.1. The van der Waals surface area contributed by atoms with Crippen LogP contribution in [0.1, 0.15) is 243 Å². The molecule has 104 heavy (non-hydrogen) atoms. The predicted octanol–water partition coefficient (Wildman–Crippen LogP) is 18.2. The average Bonchev–Trinajstić information content (AvgIpc) is 1.37. The average molecular weight is 1500 g/mol. The number of H-pyrrole nitrogens is 1. The molecule has 0 spiro atoms. The molecule has 19 heteroatoms. The van der Waals surface area contributed by atoms with Crippen molar-refractivity contribution in [2.24, 2.45) is 121 Å². The summed E-state index contributed by atoms with van der Waals surface area (Å²) in [6.45, 7) is 21.4. The van der Waals surface area contributed by atoms with Crippen molar-refractivity contribution in [1.82, 2.24) is 44.7 Å². The minimum Gasteiger partial charge on any atom is -0.390 e. The summed E-state index contributed by atoms with van der Waals surface area (Å²) in [5, 5.41) is 49.9. The van der Waals surface area contributed by atoms with E-state index >= 15 is 0 Å². The molecule has 24 atom stereocenters. The van der Waals surface area contributed by atoms with Gasteiger partial charge in [0.25, 0.3) is 0 Å². The molecule has 12 fully saturated rings. The summed E-state index contributed by atoms with van der Waals surface area (Å²) in [6, 6.07) is 4.08. The number of aromatic nitrogens is 9. The standard InChI is InChI=1S/2C28H38FN3O2.C22H35BrO2.C6H4FN3.CH4/c1-26(34)10-11-27(2)18(13-26)4-5-19-20-6-7-22(28(20,3)9-8-21(19)27)24(33)16-32-15-17-12-25(29)30-14-23(17)31-32;1-26(34)10-11-27(2)18(13-26)4-5-19-20-6-7-22(28(20,3)9-8-21(19)27)24(33)16-32-23-15-30-25(29)12-17(23)14-31-32;1-20(25)10-11-21(2)14(12-20)4-5-15-16-6-7-18(19(24)13-23)22(16,3)9-8-17(15)21;7-6-1-4-2-9-10-5(4)3-8-6;/h2*12,14-15,18-22,34H,4-11,13,16H2,1-3H3;14-18,25H,4-13H2,1-3H3;1-3H,(H,9,10);1H4/t2*18-,19-,20-,21-,22+,26+,27-,28-;14-,15-,16-,17-,18+,20+,21-,22-;;/m000../s1. The van der Waals surface area contributed by atoms with Gasteiger partial charge in [-0.05, 0) is 298 Å². The number of halogens is 4. The summed E-state index contributed by atoms with van der Waals surface area (Å²) in [7, 11) is 0. The van der Waals surface area contributed by atoms with E-state index in [4.69, 9.17) is 0 Å². The van der Waals surface area contributed by atoms with Crippen LogP contribution in [0.3, 0.4) is 0 Å². The number of Topliss-reactive ketones (excluding diaryl/α,β-unsaturated/α-hetero) is 3. The topological polar surface area (TPSA) is 215 Å². The number of hydrogen-bond donors (Lipinski definition) is 4. The van der Waals surface area contributed by atoms with E-state index in [1.165, 1.54) is 114 Å². The molecular weight excluding hydrogens is 1380 g/mol. The van der Waals surface area contributed by atoms with Gasteiger partial charge in [-0.15, -0.1) is 0 Å². The molecule has 15 nitrogen and oxygen atoms in total. The molecule has 4 N–H and O–H groups in total. The smallest absolute Gasteiger partial charge is 0.213 e. The van der Waals surface area contributed by atoms with Gasteiger partial charge >= 0.3 is 0 Å². The summed E-state index contributed by atoms with van der Waals surface area (Å²) < 4.78 is 42.7. The van der Waals surface area contributed by atoms with Crippen molar-refractivity contribution in [3.8, 4) is 0 Å². The number of aliphatic hydroxyl groups is 3. The summed E-state index contributed by atoms with van der Waals surface area (Å²) >= 11 is 3.43. The summed E-state index contributed by atoms with van der Waals surface area (Å²) in [6.07, 6.45) is 39.9. The van der Waals surface area contributed by atoms with Gasteiger partial charge in [0.2, 0.25) is 17.8 Å². The third-order valence-electron chi connectivity index (χ3n) is 33.0. The van der Waals surface area contributed by atoms with Gasteiger partial charge in [-0.1, -0.05) is 64.9 Å². The van der Waals surface area contributed by atoms with E-state index < -0.39 is 34.6 Å². The van der Waals surface area contributed by atoms with Crippen LogP contribution in [-0.4, -0.2) is 99.5 Å². The van der Waals surface area contributed by atoms with E-state index in [2.05, 4.69) is 92.8 Å². The summed E-state index contributed by atoms with van der Waals surface area (Å²) in [5.74, 6) is 8.36. The molecule has 0 aliphatic heterocycles. The zero-order valence-corrected chi connectivity index (χ0v) is 64.3. The molecule has 12 saturated carbocycles. The molecule has 0 bridgehead atoms. The van der Waals surface area contributed by atoms with Crippen molar-refractivity contribution in [2.45, 2.75) is 273 Å². The van der Waals surface area contributed by atoms with Crippen LogP contribution in [0.15, 0.2) is 55.4 Å². The number of aromatic amines is 1. The number of ketones is 3. The minimum atomic E-state index is -0.522. The molecule has 0 radical (unpaired) electrons. The van der Waals surface area contributed by atoms with Crippen LogP contribution < -0.4 is 0 Å².